The fraction of sp³-hybridized carbons (Fsp3) is 0.467. The van der Waals surface area contributed by atoms with Gasteiger partial charge in [-0.15, -0.1) is 0 Å². The maximum absolute atomic E-state index is 14.3. The molecular weight excluding hydrogens is 1150 g/mol. The number of carbonyl (C=O) groups excluding carboxylic acids is 2. The lowest BCUT2D eigenvalue weighted by Crippen LogP contribution is -2.48. The highest BCUT2D eigenvalue weighted by atomic mass is 79.9. The second kappa shape index (κ2) is 26.5. The number of hydrogen-bond donors (Lipinski definition) is 3. The van der Waals surface area contributed by atoms with Gasteiger partial charge in [0.2, 0.25) is 11.8 Å². The summed E-state index contributed by atoms with van der Waals surface area (Å²) >= 11 is 3.00. The number of imidazole rings is 2. The number of likely N-dealkylation sites (N-methyl/N-ethyl adjacent to an activating group) is 2. The van der Waals surface area contributed by atoms with Crippen LogP contribution in [0, 0.1) is 0 Å². The number of aryl methyl sites for hydroxylation is 2. The summed E-state index contributed by atoms with van der Waals surface area (Å²) in [4.78, 5) is 53.0. The zero-order chi connectivity index (χ0) is 60.3. The molecular formula is C60H74BrF4N15O4. The van der Waals surface area contributed by atoms with Crippen molar-refractivity contribution in [2.45, 2.75) is 84.5 Å². The topological polar surface area (TPSA) is 197 Å². The largest absolute Gasteiger partial charge is 0.396 e. The Balaban J connectivity index is 0.000000172. The Labute approximate surface area is 494 Å². The van der Waals surface area contributed by atoms with Crippen LogP contribution in [-0.2, 0) is 36.8 Å². The van der Waals surface area contributed by atoms with Crippen molar-refractivity contribution in [2.24, 2.45) is 14.1 Å². The van der Waals surface area contributed by atoms with Crippen LogP contribution < -0.4 is 5.32 Å². The summed E-state index contributed by atoms with van der Waals surface area (Å²) in [6, 6.07) is 13.4. The average Bonchev–Trinajstić information content (AvgIpc) is 3.31. The zero-order valence-electron chi connectivity index (χ0n) is 48.9. The third kappa shape index (κ3) is 12.3. The van der Waals surface area contributed by atoms with Gasteiger partial charge in [-0.3, -0.25) is 23.9 Å². The van der Waals surface area contributed by atoms with Gasteiger partial charge in [0.1, 0.15) is 23.7 Å². The molecule has 2 saturated heterocycles. The van der Waals surface area contributed by atoms with Crippen molar-refractivity contribution >= 4 is 49.6 Å². The van der Waals surface area contributed by atoms with Gasteiger partial charge in [0.25, 0.3) is 12.9 Å². The summed E-state index contributed by atoms with van der Waals surface area (Å²) in [6.07, 6.45) is 1.01. The lowest BCUT2D eigenvalue weighted by atomic mass is 9.98. The van der Waals surface area contributed by atoms with Gasteiger partial charge < -0.3 is 39.4 Å². The minimum atomic E-state index is -2.72. The van der Waals surface area contributed by atoms with Crippen molar-refractivity contribution in [1.29, 1.82) is 0 Å². The Kier molecular flexibility index (Phi) is 19.5. The number of carbonyl (C=O) groups is 2. The molecule has 4 aliphatic rings. The highest BCUT2D eigenvalue weighted by Gasteiger charge is 2.40. The summed E-state index contributed by atoms with van der Waals surface area (Å²) in [6.45, 7) is 18.7. The van der Waals surface area contributed by atoms with Crippen molar-refractivity contribution in [3.63, 3.8) is 0 Å². The van der Waals surface area contributed by atoms with Crippen LogP contribution in [0.15, 0.2) is 73.3 Å². The second-order valence-corrected chi connectivity index (χ2v) is 22.4. The van der Waals surface area contributed by atoms with Crippen molar-refractivity contribution in [3.8, 4) is 45.0 Å². The molecule has 448 valence electrons. The third-order valence-electron chi connectivity index (χ3n) is 16.1. The van der Waals surface area contributed by atoms with Crippen molar-refractivity contribution in [1.82, 2.24) is 73.5 Å². The molecule has 24 heteroatoms. The van der Waals surface area contributed by atoms with Crippen LogP contribution >= 0.6 is 15.9 Å². The third-order valence-corrected chi connectivity index (χ3v) is 16.5. The van der Waals surface area contributed by atoms with E-state index in [4.69, 9.17) is 15.1 Å². The minimum Gasteiger partial charge on any atom is -0.396 e. The molecule has 8 aromatic rings. The van der Waals surface area contributed by atoms with Crippen LogP contribution in [0.25, 0.3) is 66.8 Å². The molecule has 0 spiro atoms. The van der Waals surface area contributed by atoms with E-state index in [1.807, 2.05) is 59.4 Å². The molecule has 2 aromatic carbocycles. The van der Waals surface area contributed by atoms with Crippen molar-refractivity contribution < 1.29 is 37.4 Å². The monoisotopic (exact) mass is 1220 g/mol. The first-order chi connectivity index (χ1) is 40.4. The van der Waals surface area contributed by atoms with Crippen molar-refractivity contribution in [3.05, 3.63) is 107 Å². The normalized spacial score (nSPS) is 17.2. The SMILES string of the molecule is CC1C(=O)N(C)Cc2c(-c3cccc4nc(-c5cnn(C)c5)c(C(F)F)cc34)nc(C3CN(CCO)C3)n21.CC1C(=O)N(C)Cc2c(-c3cccc4nc(-c5cnn(C)c5)c(C(F)F)cc34)nc(C3CNC3)n21.CCN(CC)CC.OCCBr. The van der Waals surface area contributed by atoms with E-state index in [0.29, 0.717) is 69.2 Å². The number of pyridine rings is 2. The Morgan fingerprint density at radius 3 is 1.40 bits per heavy atom. The molecule has 0 bridgehead atoms. The van der Waals surface area contributed by atoms with Gasteiger partial charge >= 0.3 is 0 Å². The van der Waals surface area contributed by atoms with Crippen LogP contribution in [0.2, 0.25) is 0 Å². The van der Waals surface area contributed by atoms with E-state index in [1.165, 1.54) is 38.0 Å². The summed E-state index contributed by atoms with van der Waals surface area (Å²) in [5.41, 5.74) is 7.07. The van der Waals surface area contributed by atoms with E-state index in [2.05, 4.69) is 72.0 Å². The number of hydrogen-bond acceptors (Lipinski definition) is 13. The molecule has 3 N–H and O–H groups in total. The average molecular weight is 1230 g/mol. The molecule has 0 aliphatic carbocycles. The van der Waals surface area contributed by atoms with Gasteiger partial charge in [0, 0.05) is 135 Å². The predicted octanol–water partition coefficient (Wildman–Crippen LogP) is 8.74. The molecule has 6 aromatic heterocycles. The Hall–Kier alpha value is -6.96. The molecule has 2 atom stereocenters. The number of alkyl halides is 5. The molecule has 2 fully saturated rings. The number of aliphatic hydroxyl groups excluding tert-OH is 2. The Morgan fingerprint density at radius 2 is 1.07 bits per heavy atom. The smallest absolute Gasteiger partial charge is 0.265 e. The second-order valence-electron chi connectivity index (χ2n) is 21.6. The molecule has 0 radical (unpaired) electrons. The van der Waals surface area contributed by atoms with E-state index in [9.17, 15) is 32.3 Å². The van der Waals surface area contributed by atoms with Crippen molar-refractivity contribution in [2.75, 3.05) is 85.0 Å². The molecule has 2 amide bonds. The maximum Gasteiger partial charge on any atom is 0.265 e. The number of nitrogens with one attached hydrogen (secondary N) is 1. The summed E-state index contributed by atoms with van der Waals surface area (Å²) < 4.78 is 64.3. The highest BCUT2D eigenvalue weighted by Crippen LogP contribution is 2.43. The molecule has 0 saturated carbocycles. The van der Waals surface area contributed by atoms with Crippen LogP contribution in [-0.4, -0.2) is 175 Å². The number of β-amino-alcohol motifs (C(OH)–C–C–N with tert-alkyl or cyclic N) is 1. The molecule has 2 unspecified atom stereocenters. The standard InChI is InChI=1S/C27H29F2N7O2.C25H25F2N7O.C6H15N.C2H5BrO/c1-15-27(38)33(2)14-22-24(32-26(36(15)22)17-12-35(13-17)7-8-37)18-5-4-6-21-19(18)9-20(25(28)29)23(31-21)16-10-30-34(3)11-16;1-13-25(35)32(2)12-20-22(31-24(34(13)20)14-8-28-9-14)16-5-4-6-19-17(16)7-18(23(26)27)21(30-19)15-10-29-33(3)11-15;1-4-7(5-2)6-3;3-1-2-4/h4-6,9-11,15,17,25,37H,7-8,12-14H2,1-3H3;4-7,10-11,13-14,23,28H,8-9,12H2,1-3H3;4-6H2,1-3H3;4H,1-2H2. The maximum atomic E-state index is 14.3. The number of benzene rings is 2. The van der Waals surface area contributed by atoms with Gasteiger partial charge in [0.05, 0.1) is 83.9 Å². The lowest BCUT2D eigenvalue weighted by molar-refractivity contribution is -0.136. The quantitative estimate of drug-likeness (QED) is 0.0691. The number of rotatable bonds is 14. The zero-order valence-corrected chi connectivity index (χ0v) is 50.5. The summed E-state index contributed by atoms with van der Waals surface area (Å²) in [5.74, 6) is 2.07. The first-order valence-corrected chi connectivity index (χ1v) is 29.6. The number of halogens is 5. The van der Waals surface area contributed by atoms with Gasteiger partial charge in [-0.05, 0) is 57.7 Å². The molecule has 19 nitrogen and oxygen atoms in total. The van der Waals surface area contributed by atoms with E-state index in [1.54, 1.807) is 65.9 Å². The molecule has 12 rings (SSSR count). The number of likely N-dealkylation sites (tertiary alicyclic amines) is 1. The fourth-order valence-corrected chi connectivity index (χ4v) is 11.5. The van der Waals surface area contributed by atoms with Crippen LogP contribution in [0.1, 0.15) is 106 Å². The lowest BCUT2D eigenvalue weighted by Gasteiger charge is -2.40. The van der Waals surface area contributed by atoms with E-state index < -0.39 is 18.9 Å². The van der Waals surface area contributed by atoms with E-state index in [-0.39, 0.29) is 65.4 Å². The van der Waals surface area contributed by atoms with E-state index >= 15 is 0 Å². The van der Waals surface area contributed by atoms with Gasteiger partial charge in [-0.2, -0.15) is 10.2 Å². The van der Waals surface area contributed by atoms with Gasteiger partial charge in [0.15, 0.2) is 0 Å². The number of aliphatic hydroxyl groups is 2. The number of nitrogens with zero attached hydrogens (tertiary/aromatic N) is 14. The van der Waals surface area contributed by atoms with Crippen LogP contribution in [0.4, 0.5) is 17.6 Å². The molecule has 4 aliphatic heterocycles. The number of amides is 2. The Bertz CT molecular complexity index is 3620. The van der Waals surface area contributed by atoms with Gasteiger partial charge in [-0.25, -0.2) is 37.5 Å². The number of fused-ring (bicyclic) bond motifs is 4. The molecule has 84 heavy (non-hydrogen) atoms. The molecule has 10 heterocycles. The van der Waals surface area contributed by atoms with E-state index in [0.717, 1.165) is 60.5 Å². The highest BCUT2D eigenvalue weighted by molar-refractivity contribution is 9.09. The summed E-state index contributed by atoms with van der Waals surface area (Å²) in [5, 5.41) is 30.5. The summed E-state index contributed by atoms with van der Waals surface area (Å²) in [7, 11) is 7.02. The van der Waals surface area contributed by atoms with Crippen LogP contribution in [0.3, 0.4) is 0 Å². The van der Waals surface area contributed by atoms with Crippen LogP contribution in [0.5, 0.6) is 0 Å². The first kappa shape index (κ1) is 61.6. The predicted molar refractivity (Wildman–Crippen MR) is 319 cm³/mol. The van der Waals surface area contributed by atoms with Gasteiger partial charge in [-0.1, -0.05) is 61.0 Å². The fourth-order valence-electron chi connectivity index (χ4n) is 11.5. The Morgan fingerprint density at radius 1 is 0.643 bits per heavy atom. The minimum absolute atomic E-state index is 0.00919. The number of aromatic nitrogens is 10. The first-order valence-electron chi connectivity index (χ1n) is 28.4.